The Morgan fingerprint density at radius 2 is 1.55 bits per heavy atom. The number of ether oxygens (including phenoxy) is 1. The van der Waals surface area contributed by atoms with Crippen molar-refractivity contribution in [1.82, 2.24) is 0 Å². The third-order valence-electron chi connectivity index (χ3n) is 2.73. The predicted octanol–water partition coefficient (Wildman–Crippen LogP) is 4.83. The number of hydrogen-bond donors (Lipinski definition) is 2. The maximum Gasteiger partial charge on any atom is 0.477 e. The van der Waals surface area contributed by atoms with Crippen molar-refractivity contribution in [3.05, 3.63) is 48.5 Å². The molecule has 0 spiro atoms. The van der Waals surface area contributed by atoms with Crippen LogP contribution in [0.3, 0.4) is 0 Å². The molecular formula is C14H10F4O3S. The summed E-state index contributed by atoms with van der Waals surface area (Å²) in [6, 6.07) is 11.1. The average Bonchev–Trinajstić information content (AvgIpc) is 2.47. The molecule has 0 atom stereocenters. The van der Waals surface area contributed by atoms with Crippen LogP contribution < -0.4 is 4.74 Å². The van der Waals surface area contributed by atoms with Gasteiger partial charge in [0.25, 0.3) is 0 Å². The molecule has 0 saturated carbocycles. The molecule has 0 heterocycles. The number of rotatable bonds is 5. The zero-order chi connectivity index (χ0) is 16.4. The summed E-state index contributed by atoms with van der Waals surface area (Å²) in [4.78, 5) is 0. The van der Waals surface area contributed by atoms with Crippen LogP contribution in [0.25, 0.3) is 11.1 Å². The van der Waals surface area contributed by atoms with Crippen molar-refractivity contribution in [2.45, 2.75) is 11.4 Å². The quantitative estimate of drug-likeness (QED) is 0.607. The van der Waals surface area contributed by atoms with E-state index in [-0.39, 0.29) is 5.75 Å². The highest BCUT2D eigenvalue weighted by molar-refractivity contribution is 7.94. The van der Waals surface area contributed by atoms with E-state index in [1.54, 1.807) is 12.1 Å². The fourth-order valence-electron chi connectivity index (χ4n) is 1.66. The fraction of sp³-hybridized carbons (Fsp3) is 0.143. The highest BCUT2D eigenvalue weighted by Gasteiger charge is 2.60. The summed E-state index contributed by atoms with van der Waals surface area (Å²) < 4.78 is 64.2. The van der Waals surface area contributed by atoms with Gasteiger partial charge in [-0.3, -0.25) is 0 Å². The van der Waals surface area contributed by atoms with Gasteiger partial charge in [-0.15, -0.1) is 0 Å². The average molecular weight is 334 g/mol. The number of phenols is 1. The molecule has 0 unspecified atom stereocenters. The predicted molar refractivity (Wildman–Crippen MR) is 74.3 cm³/mol. The van der Waals surface area contributed by atoms with Crippen LogP contribution in [-0.2, 0) is 0 Å². The van der Waals surface area contributed by atoms with Crippen LogP contribution >= 0.6 is 12.0 Å². The third-order valence-corrected chi connectivity index (χ3v) is 3.20. The topological polar surface area (TPSA) is 49.7 Å². The Kier molecular flexibility index (Phi) is 4.52. The van der Waals surface area contributed by atoms with Gasteiger partial charge in [-0.25, -0.2) is 0 Å². The molecule has 118 valence electrons. The van der Waals surface area contributed by atoms with Crippen LogP contribution in [0.15, 0.2) is 48.5 Å². The lowest BCUT2D eigenvalue weighted by molar-refractivity contribution is -0.270. The van der Waals surface area contributed by atoms with E-state index in [0.29, 0.717) is 11.1 Å². The van der Waals surface area contributed by atoms with Crippen molar-refractivity contribution in [3.8, 4) is 22.6 Å². The molecule has 0 fully saturated rings. The molecular weight excluding hydrogens is 324 g/mol. The molecule has 2 N–H and O–H groups in total. The molecule has 0 radical (unpaired) electrons. The van der Waals surface area contributed by atoms with E-state index < -0.39 is 29.2 Å². The largest absolute Gasteiger partial charge is 0.508 e. The van der Waals surface area contributed by atoms with Gasteiger partial charge in [0.2, 0.25) is 0 Å². The normalized spacial score (nSPS) is 12.2. The summed E-state index contributed by atoms with van der Waals surface area (Å²) in [5.74, 6) is -0.452. The molecule has 0 aliphatic carbocycles. The maximum absolute atomic E-state index is 13.2. The number of hydrogen-bond acceptors (Lipinski definition) is 4. The second-order valence-electron chi connectivity index (χ2n) is 4.30. The van der Waals surface area contributed by atoms with Gasteiger partial charge in [-0.2, -0.15) is 17.6 Å². The molecule has 0 aliphatic rings. The highest BCUT2D eigenvalue weighted by Crippen LogP contribution is 2.43. The van der Waals surface area contributed by atoms with E-state index in [2.05, 4.69) is 4.74 Å². The summed E-state index contributed by atoms with van der Waals surface area (Å²) in [6.45, 7) is 0. The first kappa shape index (κ1) is 16.4. The molecule has 0 amide bonds. The molecule has 0 saturated heterocycles. The van der Waals surface area contributed by atoms with Crippen LogP contribution in [0.2, 0.25) is 0 Å². The first-order valence-corrected chi connectivity index (χ1v) is 6.69. The number of benzene rings is 2. The van der Waals surface area contributed by atoms with Crippen molar-refractivity contribution >= 4 is 12.0 Å². The Hall–Kier alpha value is -1.93. The number of alkyl halides is 4. The van der Waals surface area contributed by atoms with E-state index in [1.807, 2.05) is 0 Å². The third kappa shape index (κ3) is 3.45. The van der Waals surface area contributed by atoms with E-state index in [9.17, 15) is 22.7 Å². The first-order valence-electron chi connectivity index (χ1n) is 5.92. The van der Waals surface area contributed by atoms with Crippen LogP contribution in [0.1, 0.15) is 0 Å². The highest BCUT2D eigenvalue weighted by atomic mass is 32.2. The van der Waals surface area contributed by atoms with Gasteiger partial charge in [0.15, 0.2) is 0 Å². The SMILES string of the molecule is OSC(F)(F)C(F)(F)Oc1ccc(-c2cccc(O)c2)cc1. The molecule has 3 nitrogen and oxygen atoms in total. The molecule has 0 aromatic heterocycles. The minimum Gasteiger partial charge on any atom is -0.508 e. The number of aromatic hydroxyl groups is 1. The van der Waals surface area contributed by atoms with Crippen LogP contribution in [-0.4, -0.2) is 21.0 Å². The molecule has 22 heavy (non-hydrogen) atoms. The maximum atomic E-state index is 13.2. The first-order chi connectivity index (χ1) is 10.2. The second-order valence-corrected chi connectivity index (χ2v) is 5.00. The minimum absolute atomic E-state index is 0.0315. The monoisotopic (exact) mass is 334 g/mol. The molecule has 2 aromatic rings. The Morgan fingerprint density at radius 1 is 0.909 bits per heavy atom. The Balaban J connectivity index is 2.19. The number of phenolic OH excluding ortho intramolecular Hbond substituents is 1. The Bertz CT molecular complexity index is 647. The van der Waals surface area contributed by atoms with Crippen LogP contribution in [0.4, 0.5) is 17.6 Å². The number of halogens is 4. The summed E-state index contributed by atoms with van der Waals surface area (Å²) in [6.07, 6.45) is -4.86. The fourth-order valence-corrected chi connectivity index (χ4v) is 1.81. The Labute approximate surface area is 127 Å². The Morgan fingerprint density at radius 3 is 2.09 bits per heavy atom. The zero-order valence-corrected chi connectivity index (χ0v) is 11.7. The van der Waals surface area contributed by atoms with E-state index in [4.69, 9.17) is 4.55 Å². The molecule has 2 aromatic carbocycles. The molecule has 2 rings (SSSR count). The van der Waals surface area contributed by atoms with Gasteiger partial charge in [-0.05, 0) is 35.4 Å². The van der Waals surface area contributed by atoms with E-state index in [0.717, 1.165) is 12.1 Å². The molecule has 0 aliphatic heterocycles. The van der Waals surface area contributed by atoms with Crippen molar-refractivity contribution in [1.29, 1.82) is 0 Å². The van der Waals surface area contributed by atoms with Gasteiger partial charge in [0.05, 0.1) is 12.0 Å². The van der Waals surface area contributed by atoms with Gasteiger partial charge in [0.1, 0.15) is 11.5 Å². The lowest BCUT2D eigenvalue weighted by Crippen LogP contribution is -2.42. The molecule has 0 bridgehead atoms. The summed E-state index contributed by atoms with van der Waals surface area (Å²) >= 11 is -1.28. The van der Waals surface area contributed by atoms with Gasteiger partial charge < -0.3 is 14.4 Å². The van der Waals surface area contributed by atoms with Crippen molar-refractivity contribution in [3.63, 3.8) is 0 Å². The van der Waals surface area contributed by atoms with Crippen molar-refractivity contribution in [2.75, 3.05) is 0 Å². The van der Waals surface area contributed by atoms with E-state index >= 15 is 0 Å². The van der Waals surface area contributed by atoms with Crippen LogP contribution in [0, 0.1) is 0 Å². The van der Waals surface area contributed by atoms with E-state index in [1.165, 1.54) is 24.3 Å². The minimum atomic E-state index is -4.86. The lowest BCUT2D eigenvalue weighted by atomic mass is 10.1. The smallest absolute Gasteiger partial charge is 0.477 e. The van der Waals surface area contributed by atoms with Crippen LogP contribution in [0.5, 0.6) is 11.5 Å². The van der Waals surface area contributed by atoms with Gasteiger partial charge in [-0.1, -0.05) is 24.3 Å². The summed E-state index contributed by atoms with van der Waals surface area (Å²) in [5.41, 5.74) is 1.20. The zero-order valence-electron chi connectivity index (χ0n) is 10.8. The summed E-state index contributed by atoms with van der Waals surface area (Å²) in [7, 11) is 0. The molecule has 8 heteroatoms. The van der Waals surface area contributed by atoms with Gasteiger partial charge >= 0.3 is 11.4 Å². The standard InChI is InChI=1S/C14H10F4O3S/c15-13(16,14(17,18)22-20)21-12-6-4-9(5-7-12)10-2-1-3-11(19)8-10/h1-8,19-20H. The van der Waals surface area contributed by atoms with Crippen molar-refractivity contribution in [2.24, 2.45) is 0 Å². The van der Waals surface area contributed by atoms with Gasteiger partial charge in [0, 0.05) is 0 Å². The lowest BCUT2D eigenvalue weighted by Gasteiger charge is -2.23. The second kappa shape index (κ2) is 6.05. The van der Waals surface area contributed by atoms with Crippen molar-refractivity contribution < 1.29 is 32.0 Å². The summed E-state index contributed by atoms with van der Waals surface area (Å²) in [5, 5.41) is 4.60.